The molecule has 1 N–H and O–H groups in total. The number of nitro groups is 1. The molecule has 0 aromatic heterocycles. The van der Waals surface area contributed by atoms with E-state index in [0.717, 1.165) is 6.54 Å². The predicted octanol–water partition coefficient (Wildman–Crippen LogP) is 1.01. The molecule has 0 bridgehead atoms. The van der Waals surface area contributed by atoms with Crippen molar-refractivity contribution in [3.8, 4) is 0 Å². The number of carbonyl (C=O) groups excluding carboxylic acids is 1. The van der Waals surface area contributed by atoms with Gasteiger partial charge in [-0.3, -0.25) is 19.9 Å². The van der Waals surface area contributed by atoms with Crippen LogP contribution in [0.2, 0.25) is 0 Å². The van der Waals surface area contributed by atoms with Gasteiger partial charge in [0.25, 0.3) is 11.6 Å². The van der Waals surface area contributed by atoms with Crippen LogP contribution >= 0.6 is 0 Å². The van der Waals surface area contributed by atoms with Gasteiger partial charge in [-0.1, -0.05) is 0 Å². The first-order valence-electron chi connectivity index (χ1n) is 5.94. The van der Waals surface area contributed by atoms with Crippen LogP contribution in [-0.4, -0.2) is 41.2 Å². The van der Waals surface area contributed by atoms with E-state index in [4.69, 9.17) is 0 Å². The summed E-state index contributed by atoms with van der Waals surface area (Å²) in [6.07, 6.45) is 1.69. The summed E-state index contributed by atoms with van der Waals surface area (Å²) in [4.78, 5) is 21.9. The Morgan fingerprint density at radius 2 is 2.21 bits per heavy atom. The van der Waals surface area contributed by atoms with Gasteiger partial charge in [0.1, 0.15) is 0 Å². The first-order chi connectivity index (χ1) is 9.10. The summed E-state index contributed by atoms with van der Waals surface area (Å²) in [5.74, 6) is -0.260. The Kier molecular flexibility index (Phi) is 3.74. The lowest BCUT2D eigenvalue weighted by molar-refractivity contribution is -0.384. The van der Waals surface area contributed by atoms with Crippen molar-refractivity contribution in [3.05, 3.63) is 39.9 Å². The number of amides is 1. The summed E-state index contributed by atoms with van der Waals surface area (Å²) < 4.78 is 0. The van der Waals surface area contributed by atoms with Gasteiger partial charge in [-0.05, 0) is 19.1 Å². The molecule has 7 nitrogen and oxygen atoms in total. The summed E-state index contributed by atoms with van der Waals surface area (Å²) in [5.41, 5.74) is 0.366. The van der Waals surface area contributed by atoms with Gasteiger partial charge in [0.15, 0.2) is 0 Å². The van der Waals surface area contributed by atoms with E-state index >= 15 is 0 Å². The Morgan fingerprint density at radius 3 is 2.74 bits per heavy atom. The highest BCUT2D eigenvalue weighted by atomic mass is 16.6. The molecule has 1 aliphatic heterocycles. The highest BCUT2D eigenvalue weighted by molar-refractivity contribution is 5.96. The highest BCUT2D eigenvalue weighted by Crippen LogP contribution is 2.12. The highest BCUT2D eigenvalue weighted by Gasteiger charge is 2.19. The van der Waals surface area contributed by atoms with E-state index in [1.54, 1.807) is 6.21 Å². The topological polar surface area (TPSA) is 87.8 Å². The quantitative estimate of drug-likeness (QED) is 0.648. The average molecular weight is 262 g/mol. The molecule has 0 aliphatic carbocycles. The molecule has 1 amide bonds. The Balaban J connectivity index is 1.97. The molecule has 1 aromatic carbocycles. The fourth-order valence-corrected chi connectivity index (χ4v) is 1.78. The average Bonchev–Trinajstić information content (AvgIpc) is 2.86. The van der Waals surface area contributed by atoms with E-state index in [9.17, 15) is 14.9 Å². The lowest BCUT2D eigenvalue weighted by atomic mass is 10.2. The predicted molar refractivity (Wildman–Crippen MR) is 70.1 cm³/mol. The lowest BCUT2D eigenvalue weighted by Crippen LogP contribution is -2.39. The zero-order chi connectivity index (χ0) is 13.8. The smallest absolute Gasteiger partial charge is 0.269 e. The summed E-state index contributed by atoms with van der Waals surface area (Å²) in [7, 11) is 0. The number of hydrogen-bond donors (Lipinski definition) is 1. The van der Waals surface area contributed by atoms with Crippen molar-refractivity contribution >= 4 is 17.8 Å². The molecule has 100 valence electrons. The second-order valence-electron chi connectivity index (χ2n) is 4.15. The van der Waals surface area contributed by atoms with Crippen LogP contribution in [-0.2, 0) is 0 Å². The van der Waals surface area contributed by atoms with Gasteiger partial charge in [0.05, 0.1) is 17.5 Å². The van der Waals surface area contributed by atoms with E-state index in [1.807, 2.05) is 11.9 Å². The van der Waals surface area contributed by atoms with Crippen molar-refractivity contribution in [2.75, 3.05) is 13.1 Å². The maximum absolute atomic E-state index is 11.9. The van der Waals surface area contributed by atoms with Crippen LogP contribution in [0.25, 0.3) is 0 Å². The summed E-state index contributed by atoms with van der Waals surface area (Å²) in [6, 6.07) is 5.39. The number of nitro benzene ring substituents is 1. The molecule has 1 unspecified atom stereocenters. The Morgan fingerprint density at radius 1 is 1.53 bits per heavy atom. The normalized spacial score (nSPS) is 17.5. The molecule has 19 heavy (non-hydrogen) atoms. The number of benzene rings is 1. The third-order valence-electron chi connectivity index (χ3n) is 2.84. The molecule has 2 rings (SSSR count). The fraction of sp³-hybridized carbons (Fsp3) is 0.333. The number of hydrazone groups is 1. The van der Waals surface area contributed by atoms with Crippen LogP contribution in [0, 0.1) is 10.1 Å². The molecule has 1 atom stereocenters. The molecule has 0 saturated carbocycles. The van der Waals surface area contributed by atoms with Crippen molar-refractivity contribution in [1.82, 2.24) is 10.3 Å². The molecular weight excluding hydrogens is 248 g/mol. The number of nitrogens with zero attached hydrogens (tertiary/aromatic N) is 3. The molecule has 0 radical (unpaired) electrons. The minimum absolute atomic E-state index is 0.0314. The van der Waals surface area contributed by atoms with Gasteiger partial charge in [-0.25, -0.2) is 0 Å². The molecule has 1 aliphatic rings. The third-order valence-corrected chi connectivity index (χ3v) is 2.84. The maximum atomic E-state index is 11.9. The molecular formula is C12H14N4O3. The number of non-ortho nitro benzene ring substituents is 1. The minimum atomic E-state index is -0.496. The monoisotopic (exact) mass is 262 g/mol. The molecule has 1 heterocycles. The largest absolute Gasteiger partial charge is 0.342 e. The minimum Gasteiger partial charge on any atom is -0.342 e. The van der Waals surface area contributed by atoms with Crippen LogP contribution in [0.15, 0.2) is 29.4 Å². The molecule has 0 fully saturated rings. The van der Waals surface area contributed by atoms with E-state index in [2.05, 4.69) is 10.4 Å². The summed E-state index contributed by atoms with van der Waals surface area (Å²) in [5, 5.41) is 19.3. The van der Waals surface area contributed by atoms with Crippen molar-refractivity contribution in [1.29, 1.82) is 0 Å². The van der Waals surface area contributed by atoms with Crippen molar-refractivity contribution < 1.29 is 9.72 Å². The van der Waals surface area contributed by atoms with E-state index < -0.39 is 4.92 Å². The molecule has 0 saturated heterocycles. The van der Waals surface area contributed by atoms with Crippen molar-refractivity contribution in [3.63, 3.8) is 0 Å². The molecule has 0 spiro atoms. The van der Waals surface area contributed by atoms with E-state index in [-0.39, 0.29) is 17.6 Å². The number of rotatable bonds is 4. The zero-order valence-corrected chi connectivity index (χ0v) is 10.4. The van der Waals surface area contributed by atoms with Gasteiger partial charge >= 0.3 is 0 Å². The van der Waals surface area contributed by atoms with Gasteiger partial charge in [0.2, 0.25) is 0 Å². The second kappa shape index (κ2) is 5.47. The Bertz CT molecular complexity index is 512. The van der Waals surface area contributed by atoms with Crippen LogP contribution in [0.1, 0.15) is 17.3 Å². The summed E-state index contributed by atoms with van der Waals surface area (Å²) in [6.45, 7) is 3.42. The summed E-state index contributed by atoms with van der Waals surface area (Å²) >= 11 is 0. The van der Waals surface area contributed by atoms with Crippen LogP contribution in [0.4, 0.5) is 5.69 Å². The number of nitrogens with one attached hydrogen (secondary N) is 1. The van der Waals surface area contributed by atoms with Crippen molar-refractivity contribution in [2.45, 2.75) is 13.0 Å². The molecule has 7 heteroatoms. The first-order valence-corrected chi connectivity index (χ1v) is 5.94. The number of carbonyl (C=O) groups is 1. The van der Waals surface area contributed by atoms with Gasteiger partial charge in [0, 0.05) is 30.5 Å². The van der Waals surface area contributed by atoms with Crippen LogP contribution in [0.5, 0.6) is 0 Å². The van der Waals surface area contributed by atoms with Gasteiger partial charge < -0.3 is 5.32 Å². The SMILES string of the molecule is CCN1CC(NC(=O)c2ccc([N+](=O)[O-])cc2)C=N1. The standard InChI is InChI=1S/C12H14N4O3/c1-2-15-8-10(7-13-15)14-12(17)9-3-5-11(6-4-9)16(18)19/h3-7,10H,2,8H2,1H3,(H,14,17). The van der Waals surface area contributed by atoms with Gasteiger partial charge in [-0.2, -0.15) is 5.10 Å². The van der Waals surface area contributed by atoms with Crippen molar-refractivity contribution in [2.24, 2.45) is 5.10 Å². The van der Waals surface area contributed by atoms with E-state index in [0.29, 0.717) is 12.1 Å². The number of hydrogen-bond acceptors (Lipinski definition) is 5. The van der Waals surface area contributed by atoms with Gasteiger partial charge in [-0.15, -0.1) is 0 Å². The number of likely N-dealkylation sites (N-methyl/N-ethyl adjacent to an activating group) is 1. The second-order valence-corrected chi connectivity index (χ2v) is 4.15. The van der Waals surface area contributed by atoms with Crippen LogP contribution < -0.4 is 5.32 Å². The zero-order valence-electron chi connectivity index (χ0n) is 10.4. The van der Waals surface area contributed by atoms with E-state index in [1.165, 1.54) is 24.3 Å². The Hall–Kier alpha value is -2.44. The van der Waals surface area contributed by atoms with Crippen LogP contribution in [0.3, 0.4) is 0 Å². The third kappa shape index (κ3) is 3.06. The maximum Gasteiger partial charge on any atom is 0.269 e. The first kappa shape index (κ1) is 13.0. The lowest BCUT2D eigenvalue weighted by Gasteiger charge is -2.14. The molecule has 1 aromatic rings. The fourth-order valence-electron chi connectivity index (χ4n) is 1.78. The Labute approximate surface area is 110 Å².